The Labute approximate surface area is 184 Å². The quantitative estimate of drug-likeness (QED) is 0.506. The van der Waals surface area contributed by atoms with Crippen LogP contribution in [0.2, 0.25) is 0 Å². The van der Waals surface area contributed by atoms with Crippen molar-refractivity contribution in [2.24, 2.45) is 5.92 Å². The monoisotopic (exact) mass is 433 g/mol. The van der Waals surface area contributed by atoms with E-state index in [1.807, 2.05) is 30.3 Å². The predicted octanol–water partition coefficient (Wildman–Crippen LogP) is 4.38. The summed E-state index contributed by atoms with van der Waals surface area (Å²) >= 11 is 0. The first-order chi connectivity index (χ1) is 15.6. The Hall–Kier alpha value is -3.68. The Balaban J connectivity index is 1.34. The Morgan fingerprint density at radius 1 is 1.16 bits per heavy atom. The average molecular weight is 433 g/mol. The van der Waals surface area contributed by atoms with Crippen molar-refractivity contribution in [1.29, 1.82) is 0 Å². The van der Waals surface area contributed by atoms with Crippen LogP contribution in [-0.4, -0.2) is 33.7 Å². The number of anilines is 2. The number of hydrogen-bond acceptors (Lipinski definition) is 5. The molecular weight excluding hydrogens is 409 g/mol. The minimum atomic E-state index is -0.248. The molecule has 1 saturated heterocycles. The third kappa shape index (κ3) is 4.08. The summed E-state index contributed by atoms with van der Waals surface area (Å²) in [5.41, 5.74) is 2.79. The van der Waals surface area contributed by atoms with Gasteiger partial charge in [-0.3, -0.25) is 4.79 Å². The van der Waals surface area contributed by atoms with Gasteiger partial charge in [-0.1, -0.05) is 29.4 Å². The molecule has 0 saturated carbocycles. The fraction of sp³-hybridized carbons (Fsp3) is 0.292. The smallest absolute Gasteiger partial charge is 0.228 e. The van der Waals surface area contributed by atoms with E-state index in [-0.39, 0.29) is 17.6 Å². The second-order valence-corrected chi connectivity index (χ2v) is 8.19. The average Bonchev–Trinajstić information content (AvgIpc) is 3.37. The molecule has 1 fully saturated rings. The number of carbonyl (C=O) groups excluding carboxylic acids is 1. The largest absolute Gasteiger partial charge is 0.360 e. The van der Waals surface area contributed by atoms with Crippen LogP contribution in [0.3, 0.4) is 0 Å². The standard InChI is InChI=1S/C24H24FN5O2/c1-16-13-22(28-32-16)27-23(31)18-9-11-29(12-10-18)24-26-20-7-2-3-8-21(20)30(24)15-17-5-4-6-19(25)14-17/h2-8,13-14,18H,9-12,15H2,1H3,(H,27,28,31). The van der Waals surface area contributed by atoms with Gasteiger partial charge in [0.25, 0.3) is 0 Å². The molecule has 1 N–H and O–H groups in total. The lowest BCUT2D eigenvalue weighted by Gasteiger charge is -2.32. The molecule has 4 aromatic rings. The molecule has 3 heterocycles. The Bertz CT molecular complexity index is 1260. The number of carbonyl (C=O) groups is 1. The van der Waals surface area contributed by atoms with E-state index in [1.54, 1.807) is 25.1 Å². The Kier molecular flexibility index (Phi) is 5.34. The third-order valence-electron chi connectivity index (χ3n) is 5.89. The van der Waals surface area contributed by atoms with Gasteiger partial charge in [-0.25, -0.2) is 9.37 Å². The lowest BCUT2D eigenvalue weighted by molar-refractivity contribution is -0.120. The molecule has 0 bridgehead atoms. The van der Waals surface area contributed by atoms with Crippen molar-refractivity contribution >= 4 is 28.7 Å². The normalized spacial score (nSPS) is 14.8. The van der Waals surface area contributed by atoms with Crippen LogP contribution in [0.25, 0.3) is 11.0 Å². The van der Waals surface area contributed by atoms with Crippen molar-refractivity contribution in [3.05, 3.63) is 71.7 Å². The number of hydrogen-bond donors (Lipinski definition) is 1. The highest BCUT2D eigenvalue weighted by molar-refractivity contribution is 5.91. The highest BCUT2D eigenvalue weighted by Gasteiger charge is 2.28. The maximum absolute atomic E-state index is 13.8. The highest BCUT2D eigenvalue weighted by atomic mass is 19.1. The van der Waals surface area contributed by atoms with Crippen molar-refractivity contribution in [3.8, 4) is 0 Å². The molecule has 5 rings (SSSR count). The fourth-order valence-electron chi connectivity index (χ4n) is 4.27. The van der Waals surface area contributed by atoms with Gasteiger partial charge < -0.3 is 19.3 Å². The van der Waals surface area contributed by atoms with Gasteiger partial charge >= 0.3 is 0 Å². The number of nitrogens with zero attached hydrogens (tertiary/aromatic N) is 4. The van der Waals surface area contributed by atoms with Gasteiger partial charge in [0.05, 0.1) is 17.6 Å². The highest BCUT2D eigenvalue weighted by Crippen LogP contribution is 2.28. The molecule has 0 radical (unpaired) electrons. The van der Waals surface area contributed by atoms with Crippen molar-refractivity contribution in [3.63, 3.8) is 0 Å². The van der Waals surface area contributed by atoms with Gasteiger partial charge in [0, 0.05) is 25.1 Å². The maximum Gasteiger partial charge on any atom is 0.228 e. The number of benzene rings is 2. The van der Waals surface area contributed by atoms with Crippen molar-refractivity contribution < 1.29 is 13.7 Å². The Morgan fingerprint density at radius 2 is 1.97 bits per heavy atom. The van der Waals surface area contributed by atoms with Crippen LogP contribution in [0, 0.1) is 18.7 Å². The summed E-state index contributed by atoms with van der Waals surface area (Å²) < 4.78 is 20.9. The molecule has 164 valence electrons. The molecule has 0 unspecified atom stereocenters. The molecule has 0 atom stereocenters. The van der Waals surface area contributed by atoms with Gasteiger partial charge in [-0.2, -0.15) is 0 Å². The van der Waals surface area contributed by atoms with E-state index in [4.69, 9.17) is 9.51 Å². The van der Waals surface area contributed by atoms with Crippen LogP contribution in [0.4, 0.5) is 16.2 Å². The summed E-state index contributed by atoms with van der Waals surface area (Å²) in [4.78, 5) is 19.7. The van der Waals surface area contributed by atoms with E-state index >= 15 is 0 Å². The van der Waals surface area contributed by atoms with E-state index in [9.17, 15) is 9.18 Å². The zero-order chi connectivity index (χ0) is 22.1. The van der Waals surface area contributed by atoms with Crippen LogP contribution in [0.15, 0.2) is 59.1 Å². The third-order valence-corrected chi connectivity index (χ3v) is 5.89. The topological polar surface area (TPSA) is 76.2 Å². The second-order valence-electron chi connectivity index (χ2n) is 8.19. The molecule has 1 aliphatic rings. The summed E-state index contributed by atoms with van der Waals surface area (Å²) in [6, 6.07) is 16.3. The molecule has 7 nitrogen and oxygen atoms in total. The number of fused-ring (bicyclic) bond motifs is 1. The van der Waals surface area contributed by atoms with E-state index in [0.29, 0.717) is 44.1 Å². The number of rotatable bonds is 5. The van der Waals surface area contributed by atoms with Gasteiger partial charge in [0.15, 0.2) is 5.82 Å². The minimum absolute atomic E-state index is 0.0359. The molecule has 0 aliphatic carbocycles. The molecule has 2 aromatic carbocycles. The van der Waals surface area contributed by atoms with Gasteiger partial charge in [0.1, 0.15) is 11.6 Å². The maximum atomic E-state index is 13.8. The first kappa shape index (κ1) is 20.2. The first-order valence-corrected chi connectivity index (χ1v) is 10.8. The molecule has 32 heavy (non-hydrogen) atoms. The molecular formula is C24H24FN5O2. The van der Waals surface area contributed by atoms with Gasteiger partial charge in [-0.15, -0.1) is 0 Å². The zero-order valence-corrected chi connectivity index (χ0v) is 17.8. The molecule has 8 heteroatoms. The number of aryl methyl sites for hydroxylation is 1. The lowest BCUT2D eigenvalue weighted by Crippen LogP contribution is -2.39. The molecule has 1 aliphatic heterocycles. The summed E-state index contributed by atoms with van der Waals surface area (Å²) in [6.07, 6.45) is 1.43. The summed E-state index contributed by atoms with van der Waals surface area (Å²) in [6.45, 7) is 3.74. The lowest BCUT2D eigenvalue weighted by atomic mass is 9.96. The van der Waals surface area contributed by atoms with Gasteiger partial charge in [-0.05, 0) is 49.6 Å². The first-order valence-electron chi connectivity index (χ1n) is 10.8. The number of amides is 1. The molecule has 2 aromatic heterocycles. The van der Waals surface area contributed by atoms with Crippen LogP contribution in [0.5, 0.6) is 0 Å². The number of halogens is 1. The predicted molar refractivity (Wildman–Crippen MR) is 120 cm³/mol. The summed E-state index contributed by atoms with van der Waals surface area (Å²) in [5.74, 6) is 1.58. The number of nitrogens with one attached hydrogen (secondary N) is 1. The van der Waals surface area contributed by atoms with Crippen molar-refractivity contribution in [1.82, 2.24) is 14.7 Å². The van der Waals surface area contributed by atoms with Gasteiger partial charge in [0.2, 0.25) is 11.9 Å². The number of imidazole rings is 1. The van der Waals surface area contributed by atoms with Crippen LogP contribution < -0.4 is 10.2 Å². The number of aromatic nitrogens is 3. The summed E-state index contributed by atoms with van der Waals surface area (Å²) in [5, 5.41) is 6.68. The summed E-state index contributed by atoms with van der Waals surface area (Å²) in [7, 11) is 0. The Morgan fingerprint density at radius 3 is 2.72 bits per heavy atom. The van der Waals surface area contributed by atoms with E-state index in [0.717, 1.165) is 22.5 Å². The van der Waals surface area contributed by atoms with Crippen molar-refractivity contribution in [2.75, 3.05) is 23.3 Å². The zero-order valence-electron chi connectivity index (χ0n) is 17.8. The SMILES string of the molecule is Cc1cc(NC(=O)C2CCN(c3nc4ccccc4n3Cc3cccc(F)c3)CC2)no1. The minimum Gasteiger partial charge on any atom is -0.360 e. The van der Waals surface area contributed by atoms with Crippen LogP contribution in [-0.2, 0) is 11.3 Å². The van der Waals surface area contributed by atoms with E-state index in [1.165, 1.54) is 6.07 Å². The molecule has 0 spiro atoms. The van der Waals surface area contributed by atoms with E-state index < -0.39 is 0 Å². The second kappa shape index (κ2) is 8.45. The molecule has 1 amide bonds. The van der Waals surface area contributed by atoms with Crippen LogP contribution in [0.1, 0.15) is 24.2 Å². The van der Waals surface area contributed by atoms with E-state index in [2.05, 4.69) is 19.9 Å². The van der Waals surface area contributed by atoms with Crippen LogP contribution >= 0.6 is 0 Å². The van der Waals surface area contributed by atoms with Crippen molar-refractivity contribution in [2.45, 2.75) is 26.3 Å². The number of piperidine rings is 1. The fourth-order valence-corrected chi connectivity index (χ4v) is 4.27. The number of para-hydroxylation sites is 2.